The van der Waals surface area contributed by atoms with E-state index in [-0.39, 0.29) is 5.92 Å². The molecule has 6 heteroatoms. The molecule has 1 aliphatic heterocycles. The summed E-state index contributed by atoms with van der Waals surface area (Å²) in [7, 11) is 1.90. The van der Waals surface area contributed by atoms with Gasteiger partial charge in [-0.1, -0.05) is 0 Å². The first-order chi connectivity index (χ1) is 10.7. The van der Waals surface area contributed by atoms with Crippen LogP contribution in [-0.4, -0.2) is 37.6 Å². The largest absolute Gasteiger partial charge is 0.385 e. The van der Waals surface area contributed by atoms with Crippen LogP contribution in [0.4, 0.5) is 0 Å². The number of nitrogens with one attached hydrogen (secondary N) is 1. The summed E-state index contributed by atoms with van der Waals surface area (Å²) >= 11 is 0. The third kappa shape index (κ3) is 3.06. The molecule has 1 atom stereocenters. The maximum absolute atomic E-state index is 10.3. The quantitative estimate of drug-likeness (QED) is 0.898. The number of hydrogen-bond donors (Lipinski definition) is 2. The molecule has 1 aliphatic rings. The second kappa shape index (κ2) is 6.34. The van der Waals surface area contributed by atoms with E-state index in [1.54, 1.807) is 12.4 Å². The van der Waals surface area contributed by atoms with E-state index in [4.69, 9.17) is 5.26 Å². The van der Waals surface area contributed by atoms with Crippen molar-refractivity contribution in [1.82, 2.24) is 19.4 Å². The number of aliphatic hydroxyl groups is 1. The number of hydrogen-bond acceptors (Lipinski definition) is 4. The maximum atomic E-state index is 10.3. The van der Waals surface area contributed by atoms with Gasteiger partial charge in [-0.2, -0.15) is 5.26 Å². The van der Waals surface area contributed by atoms with Gasteiger partial charge in [0.05, 0.1) is 0 Å². The van der Waals surface area contributed by atoms with Crippen molar-refractivity contribution in [2.24, 2.45) is 13.0 Å². The molecule has 116 valence electrons. The highest BCUT2D eigenvalue weighted by atomic mass is 16.3. The molecule has 1 fully saturated rings. The Kier molecular flexibility index (Phi) is 4.27. The molecule has 1 saturated heterocycles. The molecule has 0 aromatic carbocycles. The fraction of sp³-hybridized carbons (Fsp3) is 0.500. The van der Waals surface area contributed by atoms with Gasteiger partial charge in [-0.05, 0) is 43.5 Å². The first-order valence-electron chi connectivity index (χ1n) is 7.62. The van der Waals surface area contributed by atoms with Crippen molar-refractivity contribution in [3.8, 4) is 6.07 Å². The number of imidazole rings is 1. The number of rotatable bonds is 4. The molecular formula is C16H21N5O. The third-order valence-electron chi connectivity index (χ3n) is 4.46. The van der Waals surface area contributed by atoms with Crippen LogP contribution >= 0.6 is 0 Å². The smallest absolute Gasteiger partial charge is 0.135 e. The zero-order valence-electron chi connectivity index (χ0n) is 12.7. The molecule has 1 unspecified atom stereocenters. The number of aliphatic hydroxyl groups excluding tert-OH is 1. The second-order valence-electron chi connectivity index (χ2n) is 5.99. The highest BCUT2D eigenvalue weighted by Crippen LogP contribution is 2.29. The van der Waals surface area contributed by atoms with E-state index in [9.17, 15) is 5.11 Å². The Morgan fingerprint density at radius 1 is 1.50 bits per heavy atom. The standard InChI is InChI=1S/C16H21N5O/c1-20-10-12(8-14(20)9-17)11-21-6-2-13(3-7-21)15(22)16-18-4-5-19-16/h4-5,8,10,13,15,22H,2-3,6-7,11H2,1H3,(H,18,19). The van der Waals surface area contributed by atoms with Crippen LogP contribution < -0.4 is 0 Å². The van der Waals surface area contributed by atoms with Gasteiger partial charge in [-0.25, -0.2) is 4.98 Å². The monoisotopic (exact) mass is 299 g/mol. The number of aryl methyl sites for hydroxylation is 1. The zero-order valence-corrected chi connectivity index (χ0v) is 12.7. The van der Waals surface area contributed by atoms with Gasteiger partial charge in [0.2, 0.25) is 0 Å². The molecule has 0 aliphatic carbocycles. The number of nitrogens with zero attached hydrogens (tertiary/aromatic N) is 4. The van der Waals surface area contributed by atoms with Gasteiger partial charge in [0.25, 0.3) is 0 Å². The summed E-state index contributed by atoms with van der Waals surface area (Å²) in [6.07, 6.45) is 6.85. The van der Waals surface area contributed by atoms with Gasteiger partial charge in [-0.15, -0.1) is 0 Å². The topological polar surface area (TPSA) is 80.9 Å². The second-order valence-corrected chi connectivity index (χ2v) is 5.99. The summed E-state index contributed by atoms with van der Waals surface area (Å²) in [6, 6.07) is 4.14. The number of likely N-dealkylation sites (tertiary alicyclic amines) is 1. The van der Waals surface area contributed by atoms with Gasteiger partial charge >= 0.3 is 0 Å². The lowest BCUT2D eigenvalue weighted by atomic mass is 9.90. The Balaban J connectivity index is 1.54. The van der Waals surface area contributed by atoms with Crippen LogP contribution in [0.2, 0.25) is 0 Å². The van der Waals surface area contributed by atoms with Gasteiger partial charge in [-0.3, -0.25) is 4.90 Å². The molecule has 22 heavy (non-hydrogen) atoms. The van der Waals surface area contributed by atoms with Crippen molar-refractivity contribution in [1.29, 1.82) is 5.26 Å². The van der Waals surface area contributed by atoms with E-state index in [0.717, 1.165) is 32.5 Å². The fourth-order valence-electron chi connectivity index (χ4n) is 3.18. The van der Waals surface area contributed by atoms with Crippen molar-refractivity contribution >= 4 is 0 Å². The number of aromatic amines is 1. The number of nitriles is 1. The normalized spacial score (nSPS) is 18.2. The van der Waals surface area contributed by atoms with Crippen LogP contribution in [0.1, 0.15) is 36.0 Å². The van der Waals surface area contributed by atoms with Gasteiger partial charge in [0.15, 0.2) is 0 Å². The van der Waals surface area contributed by atoms with E-state index in [1.807, 2.05) is 23.9 Å². The van der Waals surface area contributed by atoms with Crippen LogP contribution in [0.3, 0.4) is 0 Å². The molecule has 0 radical (unpaired) electrons. The molecule has 2 aromatic rings. The molecule has 0 amide bonds. The Labute approximate surface area is 130 Å². The molecule has 6 nitrogen and oxygen atoms in total. The van der Waals surface area contributed by atoms with Crippen molar-refractivity contribution in [2.45, 2.75) is 25.5 Å². The van der Waals surface area contributed by atoms with Gasteiger partial charge < -0.3 is 14.7 Å². The van der Waals surface area contributed by atoms with E-state index in [1.165, 1.54) is 5.56 Å². The lowest BCUT2D eigenvalue weighted by Gasteiger charge is -2.33. The minimum absolute atomic E-state index is 0.257. The molecule has 0 saturated carbocycles. The predicted molar refractivity (Wildman–Crippen MR) is 81.7 cm³/mol. The van der Waals surface area contributed by atoms with E-state index >= 15 is 0 Å². The number of piperidine rings is 1. The van der Waals surface area contributed by atoms with Crippen LogP contribution in [0.25, 0.3) is 0 Å². The Bertz CT molecular complexity index is 647. The molecular weight excluding hydrogens is 278 g/mol. The summed E-state index contributed by atoms with van der Waals surface area (Å²) in [4.78, 5) is 9.52. The lowest BCUT2D eigenvalue weighted by molar-refractivity contribution is 0.0515. The highest BCUT2D eigenvalue weighted by Gasteiger charge is 2.27. The molecule has 0 bridgehead atoms. The van der Waals surface area contributed by atoms with Crippen molar-refractivity contribution in [3.63, 3.8) is 0 Å². The van der Waals surface area contributed by atoms with E-state index in [0.29, 0.717) is 11.5 Å². The SMILES string of the molecule is Cn1cc(CN2CCC(C(O)c3ncc[nH]3)CC2)cc1C#N. The van der Waals surface area contributed by atoms with Crippen LogP contribution in [0, 0.1) is 17.2 Å². The minimum atomic E-state index is -0.501. The lowest BCUT2D eigenvalue weighted by Crippen LogP contribution is -2.35. The molecule has 3 heterocycles. The number of aromatic nitrogens is 3. The molecule has 0 spiro atoms. The fourth-order valence-corrected chi connectivity index (χ4v) is 3.18. The van der Waals surface area contributed by atoms with Crippen LogP contribution in [0.5, 0.6) is 0 Å². The Morgan fingerprint density at radius 2 is 2.27 bits per heavy atom. The van der Waals surface area contributed by atoms with E-state index < -0.39 is 6.10 Å². The Morgan fingerprint density at radius 3 is 2.86 bits per heavy atom. The average Bonchev–Trinajstić information content (AvgIpc) is 3.17. The summed E-state index contributed by atoms with van der Waals surface area (Å²) in [6.45, 7) is 2.78. The summed E-state index contributed by atoms with van der Waals surface area (Å²) in [5, 5.41) is 19.3. The number of H-pyrrole nitrogens is 1. The van der Waals surface area contributed by atoms with Crippen molar-refractivity contribution in [3.05, 3.63) is 41.7 Å². The summed E-state index contributed by atoms with van der Waals surface area (Å²) in [5.41, 5.74) is 1.86. The first kappa shape index (κ1) is 14.8. The first-order valence-corrected chi connectivity index (χ1v) is 7.62. The average molecular weight is 299 g/mol. The maximum Gasteiger partial charge on any atom is 0.135 e. The minimum Gasteiger partial charge on any atom is -0.385 e. The van der Waals surface area contributed by atoms with Crippen molar-refractivity contribution < 1.29 is 5.11 Å². The molecule has 2 N–H and O–H groups in total. The third-order valence-corrected chi connectivity index (χ3v) is 4.46. The zero-order chi connectivity index (χ0) is 15.5. The Hall–Kier alpha value is -2.10. The van der Waals surface area contributed by atoms with Crippen molar-refractivity contribution in [2.75, 3.05) is 13.1 Å². The van der Waals surface area contributed by atoms with Gasteiger partial charge in [0, 0.05) is 32.2 Å². The van der Waals surface area contributed by atoms with E-state index in [2.05, 4.69) is 20.9 Å². The summed E-state index contributed by atoms with van der Waals surface area (Å²) in [5.74, 6) is 0.924. The highest BCUT2D eigenvalue weighted by molar-refractivity contribution is 5.28. The predicted octanol–water partition coefficient (Wildman–Crippen LogP) is 1.57. The molecule has 2 aromatic heterocycles. The summed E-state index contributed by atoms with van der Waals surface area (Å²) < 4.78 is 1.86. The van der Waals surface area contributed by atoms with Crippen LogP contribution in [0.15, 0.2) is 24.7 Å². The van der Waals surface area contributed by atoms with Crippen LogP contribution in [-0.2, 0) is 13.6 Å². The molecule has 3 rings (SSSR count). The van der Waals surface area contributed by atoms with Gasteiger partial charge in [0.1, 0.15) is 23.7 Å².